The van der Waals surface area contributed by atoms with Gasteiger partial charge in [0.15, 0.2) is 0 Å². The molecule has 0 bridgehead atoms. The van der Waals surface area contributed by atoms with Gasteiger partial charge in [0, 0.05) is 18.8 Å². The number of unbranched alkanes of at least 4 members (excludes halogenated alkanes) is 2. The highest BCUT2D eigenvalue weighted by molar-refractivity contribution is 5.64. The molecule has 98 valence electrons. The SMILES string of the molecule is CCCCN(CCCC)c1ccc(N)cc1C#N. The molecule has 0 aromatic heterocycles. The fourth-order valence-corrected chi connectivity index (χ4v) is 1.97. The van der Waals surface area contributed by atoms with Gasteiger partial charge in [0.1, 0.15) is 6.07 Å². The monoisotopic (exact) mass is 245 g/mol. The van der Waals surface area contributed by atoms with E-state index in [1.165, 1.54) is 12.8 Å². The van der Waals surface area contributed by atoms with Crippen molar-refractivity contribution in [1.82, 2.24) is 0 Å². The highest BCUT2D eigenvalue weighted by Gasteiger charge is 2.10. The molecule has 0 spiro atoms. The van der Waals surface area contributed by atoms with E-state index >= 15 is 0 Å². The Balaban J connectivity index is 2.92. The van der Waals surface area contributed by atoms with Gasteiger partial charge in [-0.1, -0.05) is 26.7 Å². The summed E-state index contributed by atoms with van der Waals surface area (Å²) in [5.41, 5.74) is 8.09. The molecule has 0 fully saturated rings. The third kappa shape index (κ3) is 3.96. The van der Waals surface area contributed by atoms with Gasteiger partial charge in [-0.3, -0.25) is 0 Å². The third-order valence-electron chi connectivity index (χ3n) is 3.04. The van der Waals surface area contributed by atoms with E-state index < -0.39 is 0 Å². The first-order valence-corrected chi connectivity index (χ1v) is 6.77. The van der Waals surface area contributed by atoms with Crippen molar-refractivity contribution in [1.29, 1.82) is 5.26 Å². The number of nitrogens with zero attached hydrogens (tertiary/aromatic N) is 2. The highest BCUT2D eigenvalue weighted by atomic mass is 15.1. The standard InChI is InChI=1S/C15H23N3/c1-3-5-9-18(10-6-4-2)15-8-7-14(17)11-13(15)12-16/h7-8,11H,3-6,9-10,17H2,1-2H3. The zero-order chi connectivity index (χ0) is 13.4. The minimum absolute atomic E-state index is 0.654. The average Bonchev–Trinajstić information content (AvgIpc) is 2.39. The van der Waals surface area contributed by atoms with Gasteiger partial charge in [0.05, 0.1) is 11.3 Å². The molecule has 1 aromatic carbocycles. The van der Waals surface area contributed by atoms with Crippen LogP contribution in [0.1, 0.15) is 45.1 Å². The summed E-state index contributed by atoms with van der Waals surface area (Å²) < 4.78 is 0. The number of hydrogen-bond acceptors (Lipinski definition) is 3. The number of nitrogens with two attached hydrogens (primary N) is 1. The second-order valence-electron chi connectivity index (χ2n) is 4.58. The second-order valence-corrected chi connectivity index (χ2v) is 4.58. The fourth-order valence-electron chi connectivity index (χ4n) is 1.97. The Morgan fingerprint density at radius 3 is 2.28 bits per heavy atom. The lowest BCUT2D eigenvalue weighted by atomic mass is 10.1. The molecule has 1 aromatic rings. The number of benzene rings is 1. The minimum atomic E-state index is 0.654. The lowest BCUT2D eigenvalue weighted by molar-refractivity contribution is 0.677. The number of hydrogen-bond donors (Lipinski definition) is 1. The largest absolute Gasteiger partial charge is 0.399 e. The van der Waals surface area contributed by atoms with Crippen molar-refractivity contribution in [2.24, 2.45) is 0 Å². The van der Waals surface area contributed by atoms with Crippen LogP contribution >= 0.6 is 0 Å². The van der Waals surface area contributed by atoms with Crippen LogP contribution in [0.15, 0.2) is 18.2 Å². The van der Waals surface area contributed by atoms with Crippen LogP contribution in [-0.4, -0.2) is 13.1 Å². The molecule has 0 aliphatic rings. The van der Waals surface area contributed by atoms with Crippen LogP contribution in [-0.2, 0) is 0 Å². The van der Waals surface area contributed by atoms with E-state index in [9.17, 15) is 5.26 Å². The van der Waals surface area contributed by atoms with E-state index in [1.807, 2.05) is 12.1 Å². The van der Waals surface area contributed by atoms with E-state index in [0.717, 1.165) is 31.6 Å². The van der Waals surface area contributed by atoms with Crippen molar-refractivity contribution in [3.63, 3.8) is 0 Å². The number of rotatable bonds is 7. The minimum Gasteiger partial charge on any atom is -0.399 e. The van der Waals surface area contributed by atoms with E-state index in [1.54, 1.807) is 6.07 Å². The zero-order valence-corrected chi connectivity index (χ0v) is 11.4. The molecule has 0 heterocycles. The molecule has 0 aliphatic heterocycles. The maximum absolute atomic E-state index is 9.21. The average molecular weight is 245 g/mol. The molecule has 1 rings (SSSR count). The van der Waals surface area contributed by atoms with Crippen LogP contribution in [0.3, 0.4) is 0 Å². The summed E-state index contributed by atoms with van der Waals surface area (Å²) in [5.74, 6) is 0. The van der Waals surface area contributed by atoms with Crippen molar-refractivity contribution in [3.05, 3.63) is 23.8 Å². The molecule has 0 atom stereocenters. The van der Waals surface area contributed by atoms with Gasteiger partial charge >= 0.3 is 0 Å². The topological polar surface area (TPSA) is 53.0 Å². The van der Waals surface area contributed by atoms with Crippen LogP contribution in [0.25, 0.3) is 0 Å². The van der Waals surface area contributed by atoms with E-state index in [-0.39, 0.29) is 0 Å². The first-order valence-electron chi connectivity index (χ1n) is 6.77. The van der Waals surface area contributed by atoms with Gasteiger partial charge in [0.2, 0.25) is 0 Å². The molecule has 0 amide bonds. The molecule has 0 aliphatic carbocycles. The van der Waals surface area contributed by atoms with Crippen LogP contribution in [0, 0.1) is 11.3 Å². The first-order chi connectivity index (χ1) is 8.72. The molecular formula is C15H23N3. The molecule has 0 unspecified atom stereocenters. The smallest absolute Gasteiger partial charge is 0.101 e. The summed E-state index contributed by atoms with van der Waals surface area (Å²) in [6.07, 6.45) is 4.64. The molecule has 18 heavy (non-hydrogen) atoms. The molecule has 0 radical (unpaired) electrons. The molecule has 3 heteroatoms. The van der Waals surface area contributed by atoms with E-state index in [4.69, 9.17) is 5.73 Å². The van der Waals surface area contributed by atoms with Crippen LogP contribution < -0.4 is 10.6 Å². The van der Waals surface area contributed by atoms with Crippen LogP contribution in [0.4, 0.5) is 11.4 Å². The Bertz CT molecular complexity index is 399. The van der Waals surface area contributed by atoms with Gasteiger partial charge < -0.3 is 10.6 Å². The van der Waals surface area contributed by atoms with Crippen molar-refractivity contribution < 1.29 is 0 Å². The van der Waals surface area contributed by atoms with Crippen molar-refractivity contribution in [3.8, 4) is 6.07 Å². The van der Waals surface area contributed by atoms with Gasteiger partial charge in [-0.05, 0) is 31.0 Å². The van der Waals surface area contributed by atoms with E-state index in [2.05, 4.69) is 24.8 Å². The predicted molar refractivity (Wildman–Crippen MR) is 77.6 cm³/mol. The number of nitriles is 1. The van der Waals surface area contributed by atoms with Gasteiger partial charge in [-0.15, -0.1) is 0 Å². The van der Waals surface area contributed by atoms with Gasteiger partial charge in [-0.25, -0.2) is 0 Å². The fraction of sp³-hybridized carbons (Fsp3) is 0.533. The lowest BCUT2D eigenvalue weighted by Gasteiger charge is -2.25. The van der Waals surface area contributed by atoms with Gasteiger partial charge in [-0.2, -0.15) is 5.26 Å². The summed E-state index contributed by atoms with van der Waals surface area (Å²) in [6, 6.07) is 7.86. The Kier molecular flexibility index (Phi) is 6.07. The lowest BCUT2D eigenvalue weighted by Crippen LogP contribution is -2.26. The summed E-state index contributed by atoms with van der Waals surface area (Å²) in [7, 11) is 0. The Morgan fingerprint density at radius 1 is 1.17 bits per heavy atom. The third-order valence-corrected chi connectivity index (χ3v) is 3.04. The van der Waals surface area contributed by atoms with Crippen molar-refractivity contribution in [2.75, 3.05) is 23.7 Å². The van der Waals surface area contributed by atoms with Crippen LogP contribution in [0.5, 0.6) is 0 Å². The summed E-state index contributed by atoms with van der Waals surface area (Å²) in [5, 5.41) is 9.21. The van der Waals surface area contributed by atoms with Crippen LogP contribution in [0.2, 0.25) is 0 Å². The summed E-state index contributed by atoms with van der Waals surface area (Å²) in [6.45, 7) is 6.39. The summed E-state index contributed by atoms with van der Waals surface area (Å²) >= 11 is 0. The first kappa shape index (κ1) is 14.4. The molecule has 0 saturated carbocycles. The molecule has 3 nitrogen and oxygen atoms in total. The Morgan fingerprint density at radius 2 is 1.78 bits per heavy atom. The molecular weight excluding hydrogens is 222 g/mol. The number of nitrogen functional groups attached to an aromatic ring is 1. The quantitative estimate of drug-likeness (QED) is 0.747. The predicted octanol–water partition coefficient (Wildman–Crippen LogP) is 3.55. The Hall–Kier alpha value is -1.69. The van der Waals surface area contributed by atoms with E-state index in [0.29, 0.717) is 11.3 Å². The van der Waals surface area contributed by atoms with Gasteiger partial charge in [0.25, 0.3) is 0 Å². The zero-order valence-electron chi connectivity index (χ0n) is 11.4. The number of anilines is 2. The maximum Gasteiger partial charge on any atom is 0.101 e. The molecule has 0 saturated heterocycles. The Labute approximate surface area is 110 Å². The van der Waals surface area contributed by atoms with Crippen molar-refractivity contribution >= 4 is 11.4 Å². The van der Waals surface area contributed by atoms with Crippen molar-refractivity contribution in [2.45, 2.75) is 39.5 Å². The second kappa shape index (κ2) is 7.60. The normalized spacial score (nSPS) is 10.1. The maximum atomic E-state index is 9.21. The summed E-state index contributed by atoms with van der Waals surface area (Å²) in [4.78, 5) is 2.31. The highest BCUT2D eigenvalue weighted by Crippen LogP contribution is 2.23. The molecule has 2 N–H and O–H groups in total.